The molecule has 0 heterocycles. The van der Waals surface area contributed by atoms with Gasteiger partial charge in [-0.1, -0.05) is 34.6 Å². The zero-order valence-corrected chi connectivity index (χ0v) is 14.3. The summed E-state index contributed by atoms with van der Waals surface area (Å²) in [6, 6.07) is 0. The lowest BCUT2D eigenvalue weighted by Gasteiger charge is -2.32. The first-order chi connectivity index (χ1) is 8.81. The van der Waals surface area contributed by atoms with Crippen LogP contribution in [0.3, 0.4) is 0 Å². The molecule has 0 aliphatic rings. The lowest BCUT2D eigenvalue weighted by Crippen LogP contribution is -2.36. The molecule has 0 atom stereocenters. The highest BCUT2D eigenvalue weighted by atomic mass is 32.2. The van der Waals surface area contributed by atoms with Gasteiger partial charge in [0.25, 0.3) is 0 Å². The molecule has 0 spiro atoms. The van der Waals surface area contributed by atoms with Crippen LogP contribution in [-0.4, -0.2) is 33.0 Å². The highest BCUT2D eigenvalue weighted by Crippen LogP contribution is 2.30. The summed E-state index contributed by atoms with van der Waals surface area (Å²) in [5.74, 6) is 1.30. The molecule has 0 bridgehead atoms. The average molecular weight is 292 g/mol. The molecule has 4 heteroatoms. The van der Waals surface area contributed by atoms with Crippen molar-refractivity contribution >= 4 is 9.84 Å². The standard InChI is InChI=1S/C15H33NO2S/c1-6-10-19(17,18)11-9-15(7-2,8-3)13-16-12-14(4)5/h14,16H,6-13H2,1-5H3. The Labute approximate surface area is 120 Å². The van der Waals surface area contributed by atoms with E-state index in [1.165, 1.54) is 0 Å². The maximum absolute atomic E-state index is 11.9. The van der Waals surface area contributed by atoms with Gasteiger partial charge in [0.1, 0.15) is 9.84 Å². The summed E-state index contributed by atoms with van der Waals surface area (Å²) in [6.45, 7) is 12.6. The van der Waals surface area contributed by atoms with Crippen molar-refractivity contribution in [1.29, 1.82) is 0 Å². The van der Waals surface area contributed by atoms with E-state index in [-0.39, 0.29) is 5.41 Å². The van der Waals surface area contributed by atoms with E-state index in [1.54, 1.807) is 0 Å². The van der Waals surface area contributed by atoms with E-state index in [9.17, 15) is 8.42 Å². The zero-order valence-electron chi connectivity index (χ0n) is 13.5. The van der Waals surface area contributed by atoms with Gasteiger partial charge >= 0.3 is 0 Å². The molecule has 0 unspecified atom stereocenters. The topological polar surface area (TPSA) is 46.2 Å². The largest absolute Gasteiger partial charge is 0.316 e. The summed E-state index contributed by atoms with van der Waals surface area (Å²) in [4.78, 5) is 0. The quantitative estimate of drug-likeness (QED) is 0.635. The number of sulfone groups is 1. The number of hydrogen-bond acceptors (Lipinski definition) is 3. The van der Waals surface area contributed by atoms with Crippen LogP contribution in [0.15, 0.2) is 0 Å². The van der Waals surface area contributed by atoms with Crippen molar-refractivity contribution in [2.75, 3.05) is 24.6 Å². The van der Waals surface area contributed by atoms with E-state index in [0.29, 0.717) is 17.4 Å². The molecule has 0 aliphatic heterocycles. The minimum absolute atomic E-state index is 0.135. The maximum Gasteiger partial charge on any atom is 0.150 e. The number of rotatable bonds is 11. The number of hydrogen-bond donors (Lipinski definition) is 1. The predicted molar refractivity (Wildman–Crippen MR) is 84.3 cm³/mol. The minimum Gasteiger partial charge on any atom is -0.316 e. The first kappa shape index (κ1) is 18.9. The Morgan fingerprint density at radius 3 is 2.05 bits per heavy atom. The van der Waals surface area contributed by atoms with Gasteiger partial charge in [0.05, 0.1) is 5.75 Å². The van der Waals surface area contributed by atoms with E-state index >= 15 is 0 Å². The fraction of sp³-hybridized carbons (Fsp3) is 1.00. The number of nitrogens with one attached hydrogen (secondary N) is 1. The molecule has 0 aliphatic carbocycles. The van der Waals surface area contributed by atoms with Gasteiger partial charge in [0, 0.05) is 12.3 Å². The molecule has 0 saturated carbocycles. The van der Waals surface area contributed by atoms with Crippen LogP contribution in [0.5, 0.6) is 0 Å². The Hall–Kier alpha value is -0.0900. The highest BCUT2D eigenvalue weighted by molar-refractivity contribution is 7.91. The molecule has 0 radical (unpaired) electrons. The van der Waals surface area contributed by atoms with Crippen molar-refractivity contribution < 1.29 is 8.42 Å². The monoisotopic (exact) mass is 291 g/mol. The minimum atomic E-state index is -2.85. The predicted octanol–water partition coefficient (Wildman–Crippen LogP) is 3.25. The zero-order chi connectivity index (χ0) is 14.9. The van der Waals surface area contributed by atoms with Crippen LogP contribution < -0.4 is 5.32 Å². The smallest absolute Gasteiger partial charge is 0.150 e. The molecule has 0 amide bonds. The Morgan fingerprint density at radius 2 is 1.63 bits per heavy atom. The van der Waals surface area contributed by atoms with Crippen molar-refractivity contribution in [1.82, 2.24) is 5.32 Å². The summed E-state index contributed by atoms with van der Waals surface area (Å²) in [7, 11) is -2.85. The lowest BCUT2D eigenvalue weighted by molar-refractivity contribution is 0.236. The normalized spacial score (nSPS) is 13.2. The van der Waals surface area contributed by atoms with Crippen LogP contribution >= 0.6 is 0 Å². The first-order valence-corrected chi connectivity index (χ1v) is 9.54. The van der Waals surface area contributed by atoms with Crippen molar-refractivity contribution in [2.45, 2.75) is 60.3 Å². The molecule has 0 rings (SSSR count). The van der Waals surface area contributed by atoms with E-state index in [1.807, 2.05) is 6.92 Å². The molecule has 0 saturated heterocycles. The van der Waals surface area contributed by atoms with E-state index in [4.69, 9.17) is 0 Å². The molecular formula is C15H33NO2S. The van der Waals surface area contributed by atoms with Gasteiger partial charge in [0.2, 0.25) is 0 Å². The van der Waals surface area contributed by atoms with Gasteiger partial charge in [-0.25, -0.2) is 8.42 Å². The highest BCUT2D eigenvalue weighted by Gasteiger charge is 2.27. The molecule has 0 aromatic rings. The fourth-order valence-electron chi connectivity index (χ4n) is 2.35. The second-order valence-corrected chi connectivity index (χ2v) is 8.44. The van der Waals surface area contributed by atoms with Gasteiger partial charge in [-0.05, 0) is 43.6 Å². The third-order valence-corrected chi connectivity index (χ3v) is 5.87. The van der Waals surface area contributed by atoms with Gasteiger partial charge in [-0.15, -0.1) is 0 Å². The average Bonchev–Trinajstić information content (AvgIpc) is 2.33. The molecule has 0 fully saturated rings. The first-order valence-electron chi connectivity index (χ1n) is 7.72. The van der Waals surface area contributed by atoms with E-state index in [2.05, 4.69) is 33.0 Å². The Kier molecular flexibility index (Phi) is 8.92. The van der Waals surface area contributed by atoms with Gasteiger partial charge < -0.3 is 5.32 Å². The van der Waals surface area contributed by atoms with Crippen LogP contribution in [-0.2, 0) is 9.84 Å². The van der Waals surface area contributed by atoms with Crippen LogP contribution in [0, 0.1) is 11.3 Å². The molecule has 19 heavy (non-hydrogen) atoms. The fourth-order valence-corrected chi connectivity index (χ4v) is 3.92. The summed E-state index contributed by atoms with van der Waals surface area (Å²) in [5, 5.41) is 3.50. The molecule has 1 N–H and O–H groups in total. The molecule has 3 nitrogen and oxygen atoms in total. The summed E-state index contributed by atoms with van der Waals surface area (Å²) < 4.78 is 23.7. The Bertz CT molecular complexity index is 319. The van der Waals surface area contributed by atoms with Crippen LogP contribution in [0.1, 0.15) is 60.3 Å². The molecule has 116 valence electrons. The van der Waals surface area contributed by atoms with Gasteiger partial charge in [-0.2, -0.15) is 0 Å². The molecule has 0 aromatic heterocycles. The van der Waals surface area contributed by atoms with E-state index < -0.39 is 9.84 Å². The molecular weight excluding hydrogens is 258 g/mol. The second-order valence-electron chi connectivity index (χ2n) is 6.13. The van der Waals surface area contributed by atoms with Crippen molar-refractivity contribution in [3.8, 4) is 0 Å². The lowest BCUT2D eigenvalue weighted by atomic mass is 9.79. The van der Waals surface area contributed by atoms with Gasteiger partial charge in [0.15, 0.2) is 0 Å². The second kappa shape index (κ2) is 8.96. The third kappa shape index (κ3) is 7.93. The van der Waals surface area contributed by atoms with Crippen molar-refractivity contribution in [2.24, 2.45) is 11.3 Å². The maximum atomic E-state index is 11.9. The molecule has 0 aromatic carbocycles. The summed E-state index contributed by atoms with van der Waals surface area (Å²) in [5.41, 5.74) is 0.135. The Morgan fingerprint density at radius 1 is 1.05 bits per heavy atom. The van der Waals surface area contributed by atoms with Crippen LogP contribution in [0.2, 0.25) is 0 Å². The third-order valence-electron chi connectivity index (χ3n) is 4.01. The summed E-state index contributed by atoms with van der Waals surface area (Å²) in [6.07, 6.45) is 3.58. The van der Waals surface area contributed by atoms with Crippen molar-refractivity contribution in [3.05, 3.63) is 0 Å². The van der Waals surface area contributed by atoms with Crippen LogP contribution in [0.4, 0.5) is 0 Å². The SMILES string of the molecule is CCCS(=O)(=O)CCC(CC)(CC)CNCC(C)C. The van der Waals surface area contributed by atoms with E-state index in [0.717, 1.165) is 38.8 Å². The van der Waals surface area contributed by atoms with Gasteiger partial charge in [-0.3, -0.25) is 0 Å². The van der Waals surface area contributed by atoms with Crippen LogP contribution in [0.25, 0.3) is 0 Å². The Balaban J connectivity index is 4.45. The van der Waals surface area contributed by atoms with Crippen molar-refractivity contribution in [3.63, 3.8) is 0 Å². The summed E-state index contributed by atoms with van der Waals surface area (Å²) >= 11 is 0.